The van der Waals surface area contributed by atoms with Gasteiger partial charge in [-0.3, -0.25) is 4.99 Å². The summed E-state index contributed by atoms with van der Waals surface area (Å²) < 4.78 is 18.6. The van der Waals surface area contributed by atoms with Gasteiger partial charge < -0.3 is 15.4 Å². The standard InChI is InChI=1S/C17H26FN3O.HI/c1-17(2,13-6-8-14(18)9-7-13)12-21-16(19-3)20-11-15-5-4-10-22-15;/h6-9,15H,4-5,10-12H2,1-3H3,(H2,19,20,21);1H. The number of hydrogen-bond donors (Lipinski definition) is 2. The van der Waals surface area contributed by atoms with Crippen LogP contribution >= 0.6 is 24.0 Å². The quantitative estimate of drug-likeness (QED) is 0.425. The average Bonchev–Trinajstić information content (AvgIpc) is 3.01. The van der Waals surface area contributed by atoms with Crippen LogP contribution in [0.15, 0.2) is 29.3 Å². The van der Waals surface area contributed by atoms with Gasteiger partial charge in [-0.15, -0.1) is 24.0 Å². The first-order valence-corrected chi connectivity index (χ1v) is 7.83. The largest absolute Gasteiger partial charge is 0.376 e. The van der Waals surface area contributed by atoms with E-state index in [9.17, 15) is 4.39 Å². The maximum atomic E-state index is 13.0. The fourth-order valence-electron chi connectivity index (χ4n) is 2.54. The molecule has 1 heterocycles. The second kappa shape index (κ2) is 9.42. The number of guanidine groups is 1. The van der Waals surface area contributed by atoms with Crippen molar-refractivity contribution in [3.8, 4) is 0 Å². The van der Waals surface area contributed by atoms with E-state index in [-0.39, 0.29) is 41.3 Å². The summed E-state index contributed by atoms with van der Waals surface area (Å²) in [6.07, 6.45) is 2.52. The van der Waals surface area contributed by atoms with Gasteiger partial charge in [0.05, 0.1) is 6.10 Å². The molecule has 0 radical (unpaired) electrons. The van der Waals surface area contributed by atoms with E-state index in [1.165, 1.54) is 12.1 Å². The van der Waals surface area contributed by atoms with Crippen LogP contribution < -0.4 is 10.6 Å². The molecule has 4 nitrogen and oxygen atoms in total. The predicted octanol–water partition coefficient (Wildman–Crippen LogP) is 3.07. The molecule has 0 bridgehead atoms. The zero-order chi connectivity index (χ0) is 16.0. The van der Waals surface area contributed by atoms with Crippen LogP contribution in [-0.4, -0.2) is 38.8 Å². The van der Waals surface area contributed by atoms with Crippen molar-refractivity contribution >= 4 is 29.9 Å². The van der Waals surface area contributed by atoms with Gasteiger partial charge in [-0.2, -0.15) is 0 Å². The van der Waals surface area contributed by atoms with Crippen LogP contribution in [0, 0.1) is 5.82 Å². The van der Waals surface area contributed by atoms with Crippen LogP contribution in [0.25, 0.3) is 0 Å². The molecule has 1 aromatic rings. The second-order valence-electron chi connectivity index (χ2n) is 6.33. The first-order valence-electron chi connectivity index (χ1n) is 7.83. The summed E-state index contributed by atoms with van der Waals surface area (Å²) in [5, 5.41) is 6.63. The first-order chi connectivity index (χ1) is 10.5. The van der Waals surface area contributed by atoms with Crippen LogP contribution in [0.5, 0.6) is 0 Å². The molecule has 1 aliphatic rings. The van der Waals surface area contributed by atoms with Gasteiger partial charge in [-0.25, -0.2) is 4.39 Å². The molecule has 6 heteroatoms. The molecule has 130 valence electrons. The number of aliphatic imine (C=N–C) groups is 1. The molecule has 1 aromatic carbocycles. The third-order valence-corrected chi connectivity index (χ3v) is 4.07. The minimum Gasteiger partial charge on any atom is -0.376 e. The molecule has 0 aromatic heterocycles. The summed E-state index contributed by atoms with van der Waals surface area (Å²) >= 11 is 0. The van der Waals surface area contributed by atoms with Crippen molar-refractivity contribution in [2.75, 3.05) is 26.7 Å². The number of rotatable bonds is 5. The zero-order valence-electron chi connectivity index (χ0n) is 14.1. The Balaban J connectivity index is 0.00000264. The molecule has 1 fully saturated rings. The van der Waals surface area contributed by atoms with Crippen molar-refractivity contribution in [3.63, 3.8) is 0 Å². The molecule has 2 rings (SSSR count). The third kappa shape index (κ3) is 6.25. The van der Waals surface area contributed by atoms with Gasteiger partial charge in [0, 0.05) is 32.2 Å². The van der Waals surface area contributed by atoms with Crippen molar-refractivity contribution in [1.29, 1.82) is 0 Å². The second-order valence-corrected chi connectivity index (χ2v) is 6.33. The number of nitrogens with one attached hydrogen (secondary N) is 2. The van der Waals surface area contributed by atoms with Crippen molar-refractivity contribution in [2.24, 2.45) is 4.99 Å². The third-order valence-electron chi connectivity index (χ3n) is 4.07. The molecule has 23 heavy (non-hydrogen) atoms. The molecule has 1 saturated heterocycles. The number of nitrogens with zero attached hydrogens (tertiary/aromatic N) is 1. The van der Waals surface area contributed by atoms with E-state index in [4.69, 9.17) is 4.74 Å². The topological polar surface area (TPSA) is 45.7 Å². The number of benzene rings is 1. The Morgan fingerprint density at radius 1 is 1.30 bits per heavy atom. The molecular formula is C17H27FIN3O. The Bertz CT molecular complexity index is 499. The van der Waals surface area contributed by atoms with Crippen LogP contribution in [0.2, 0.25) is 0 Å². The highest BCUT2D eigenvalue weighted by Gasteiger charge is 2.21. The number of ether oxygens (including phenoxy) is 1. The van der Waals surface area contributed by atoms with E-state index in [1.807, 2.05) is 12.1 Å². The highest BCUT2D eigenvalue weighted by atomic mass is 127. The Hall–Kier alpha value is -0.890. The van der Waals surface area contributed by atoms with Gasteiger partial charge in [-0.1, -0.05) is 26.0 Å². The molecule has 1 aliphatic heterocycles. The van der Waals surface area contributed by atoms with Crippen molar-refractivity contribution in [2.45, 2.75) is 38.2 Å². The van der Waals surface area contributed by atoms with Gasteiger partial charge in [0.25, 0.3) is 0 Å². The maximum Gasteiger partial charge on any atom is 0.191 e. The van der Waals surface area contributed by atoms with E-state index in [0.29, 0.717) is 6.54 Å². The average molecular weight is 435 g/mol. The van der Waals surface area contributed by atoms with Crippen molar-refractivity contribution in [3.05, 3.63) is 35.6 Å². The molecular weight excluding hydrogens is 408 g/mol. The smallest absolute Gasteiger partial charge is 0.191 e. The van der Waals surface area contributed by atoms with E-state index < -0.39 is 0 Å². The fraction of sp³-hybridized carbons (Fsp3) is 0.588. The molecule has 1 unspecified atom stereocenters. The van der Waals surface area contributed by atoms with Crippen molar-refractivity contribution < 1.29 is 9.13 Å². The number of hydrogen-bond acceptors (Lipinski definition) is 2. The summed E-state index contributed by atoms with van der Waals surface area (Å²) in [6, 6.07) is 6.67. The van der Waals surface area contributed by atoms with Gasteiger partial charge in [0.1, 0.15) is 5.82 Å². The lowest BCUT2D eigenvalue weighted by molar-refractivity contribution is 0.114. The minimum absolute atomic E-state index is 0. The Morgan fingerprint density at radius 3 is 2.57 bits per heavy atom. The summed E-state index contributed by atoms with van der Waals surface area (Å²) in [4.78, 5) is 4.24. The Labute approximate surface area is 155 Å². The molecule has 0 saturated carbocycles. The van der Waals surface area contributed by atoms with Crippen molar-refractivity contribution in [1.82, 2.24) is 10.6 Å². The van der Waals surface area contributed by atoms with Crippen LogP contribution in [0.3, 0.4) is 0 Å². The Morgan fingerprint density at radius 2 is 2.00 bits per heavy atom. The van der Waals surface area contributed by atoms with E-state index >= 15 is 0 Å². The van der Waals surface area contributed by atoms with Crippen LogP contribution in [0.1, 0.15) is 32.3 Å². The normalized spacial score (nSPS) is 18.4. The van der Waals surface area contributed by atoms with Crippen LogP contribution in [0.4, 0.5) is 4.39 Å². The lowest BCUT2D eigenvalue weighted by atomic mass is 9.84. The molecule has 0 spiro atoms. The zero-order valence-corrected chi connectivity index (χ0v) is 16.4. The lowest BCUT2D eigenvalue weighted by Gasteiger charge is -2.27. The molecule has 0 aliphatic carbocycles. The SMILES string of the molecule is CN=C(NCC1CCCO1)NCC(C)(C)c1ccc(F)cc1.I. The lowest BCUT2D eigenvalue weighted by Crippen LogP contribution is -2.45. The van der Waals surface area contributed by atoms with Gasteiger partial charge in [0.15, 0.2) is 5.96 Å². The number of halogens is 2. The fourth-order valence-corrected chi connectivity index (χ4v) is 2.54. The monoisotopic (exact) mass is 435 g/mol. The highest BCUT2D eigenvalue weighted by molar-refractivity contribution is 14.0. The molecule has 1 atom stereocenters. The predicted molar refractivity (Wildman–Crippen MR) is 103 cm³/mol. The van der Waals surface area contributed by atoms with E-state index in [0.717, 1.165) is 37.5 Å². The minimum atomic E-state index is -0.207. The summed E-state index contributed by atoms with van der Waals surface area (Å²) in [5.41, 5.74) is 0.978. The summed E-state index contributed by atoms with van der Waals surface area (Å²) in [5.74, 6) is 0.562. The first kappa shape index (κ1) is 20.2. The van der Waals surface area contributed by atoms with Gasteiger partial charge in [-0.05, 0) is 30.5 Å². The molecule has 2 N–H and O–H groups in total. The summed E-state index contributed by atoms with van der Waals surface area (Å²) in [6.45, 7) is 6.59. The van der Waals surface area contributed by atoms with E-state index in [2.05, 4.69) is 29.5 Å². The van der Waals surface area contributed by atoms with E-state index in [1.54, 1.807) is 7.05 Å². The van der Waals surface area contributed by atoms with Crippen LogP contribution in [-0.2, 0) is 10.2 Å². The maximum absolute atomic E-state index is 13.0. The summed E-state index contributed by atoms with van der Waals surface area (Å²) in [7, 11) is 1.76. The Kier molecular flexibility index (Phi) is 8.25. The highest BCUT2D eigenvalue weighted by Crippen LogP contribution is 2.22. The van der Waals surface area contributed by atoms with Gasteiger partial charge in [0.2, 0.25) is 0 Å². The molecule has 0 amide bonds. The van der Waals surface area contributed by atoms with Gasteiger partial charge >= 0.3 is 0 Å².